The number of thiazole rings is 1. The molecule has 0 saturated carbocycles. The van der Waals surface area contributed by atoms with Gasteiger partial charge in [0.25, 0.3) is 5.56 Å². The van der Waals surface area contributed by atoms with E-state index in [2.05, 4.69) is 5.32 Å². The van der Waals surface area contributed by atoms with Gasteiger partial charge >= 0.3 is 0 Å². The summed E-state index contributed by atoms with van der Waals surface area (Å²) < 4.78 is 12.7. The van der Waals surface area contributed by atoms with E-state index in [0.717, 1.165) is 35.1 Å². The number of aromatic nitrogens is 3. The first-order chi connectivity index (χ1) is 21.0. The van der Waals surface area contributed by atoms with Crippen molar-refractivity contribution in [3.63, 3.8) is 0 Å². The van der Waals surface area contributed by atoms with Crippen LogP contribution in [0.1, 0.15) is 29.5 Å². The van der Waals surface area contributed by atoms with Gasteiger partial charge < -0.3 is 19.7 Å². The SMILES string of the molecule is COc1ccc(Cn2c(-c3ccccc3C)nc3sc(N4CCC[C@@H]4C(=O)NCc4ccccc4)nc3c2=O)c(OC)c1. The molecule has 1 amide bonds. The number of fused-ring (bicyclic) bond motifs is 1. The van der Waals surface area contributed by atoms with Crippen LogP contribution in [-0.2, 0) is 17.9 Å². The summed E-state index contributed by atoms with van der Waals surface area (Å²) in [5, 5.41) is 3.70. The number of ether oxygens (including phenoxy) is 2. The van der Waals surface area contributed by atoms with E-state index in [-0.39, 0.29) is 24.1 Å². The van der Waals surface area contributed by atoms with Gasteiger partial charge in [-0.05, 0) is 43.0 Å². The molecule has 0 spiro atoms. The molecule has 9 nitrogen and oxygen atoms in total. The molecule has 0 aliphatic carbocycles. The molecule has 6 rings (SSSR count). The summed E-state index contributed by atoms with van der Waals surface area (Å²) in [6.07, 6.45) is 1.59. The van der Waals surface area contributed by atoms with Crippen LogP contribution >= 0.6 is 11.3 Å². The molecule has 1 saturated heterocycles. The summed E-state index contributed by atoms with van der Waals surface area (Å²) in [5.74, 6) is 1.79. The van der Waals surface area contributed by atoms with Crippen LogP contribution in [0.15, 0.2) is 77.6 Å². The van der Waals surface area contributed by atoms with E-state index < -0.39 is 0 Å². The molecule has 3 aromatic carbocycles. The second-order valence-corrected chi connectivity index (χ2v) is 11.5. The fraction of sp³-hybridized carbons (Fsp3) is 0.273. The minimum Gasteiger partial charge on any atom is -0.497 e. The first kappa shape index (κ1) is 28.4. The monoisotopic (exact) mass is 595 g/mol. The Morgan fingerprint density at radius 3 is 2.58 bits per heavy atom. The van der Waals surface area contributed by atoms with E-state index in [0.29, 0.717) is 45.9 Å². The van der Waals surface area contributed by atoms with Crippen molar-refractivity contribution >= 4 is 32.7 Å². The van der Waals surface area contributed by atoms with E-state index >= 15 is 0 Å². The molecule has 0 unspecified atom stereocenters. The molecule has 0 bridgehead atoms. The molecule has 1 fully saturated rings. The number of hydrogen-bond donors (Lipinski definition) is 1. The van der Waals surface area contributed by atoms with E-state index in [4.69, 9.17) is 19.4 Å². The second kappa shape index (κ2) is 12.3. The first-order valence-electron chi connectivity index (χ1n) is 14.2. The standard InChI is InChI=1S/C33H33N5O4S/c1-21-10-7-8-13-25(21)29-36-31-28(32(40)38(29)20-23-15-16-24(41-2)18-27(23)42-3)35-33(43-31)37-17-9-14-26(37)30(39)34-19-22-11-5-4-6-12-22/h4-8,10-13,15-16,18,26H,9,14,17,19-20H2,1-3H3,(H,34,39)/t26-/m1/s1. The zero-order valence-corrected chi connectivity index (χ0v) is 25.2. The number of methoxy groups -OCH3 is 2. The number of nitrogens with one attached hydrogen (secondary N) is 1. The van der Waals surface area contributed by atoms with Gasteiger partial charge in [0.05, 0.1) is 20.8 Å². The normalized spacial score (nSPS) is 14.7. The predicted molar refractivity (Wildman–Crippen MR) is 169 cm³/mol. The molecule has 1 aliphatic heterocycles. The van der Waals surface area contributed by atoms with Gasteiger partial charge in [-0.1, -0.05) is 65.9 Å². The highest BCUT2D eigenvalue weighted by molar-refractivity contribution is 7.21. The van der Waals surface area contributed by atoms with Crippen LogP contribution in [-0.4, -0.2) is 47.2 Å². The van der Waals surface area contributed by atoms with Crippen LogP contribution in [0.3, 0.4) is 0 Å². The van der Waals surface area contributed by atoms with E-state index in [1.54, 1.807) is 24.9 Å². The zero-order chi connectivity index (χ0) is 29.9. The van der Waals surface area contributed by atoms with Gasteiger partial charge in [0, 0.05) is 30.3 Å². The van der Waals surface area contributed by atoms with Crippen LogP contribution in [0.5, 0.6) is 11.5 Å². The molecule has 220 valence electrons. The average molecular weight is 596 g/mol. The van der Waals surface area contributed by atoms with Crippen molar-refractivity contribution in [1.29, 1.82) is 0 Å². The minimum atomic E-state index is -0.356. The van der Waals surface area contributed by atoms with Gasteiger partial charge in [0.2, 0.25) is 5.91 Å². The third kappa shape index (κ3) is 5.70. The Labute approximate surface area is 253 Å². The number of aryl methyl sites for hydroxylation is 1. The predicted octanol–water partition coefficient (Wildman–Crippen LogP) is 5.18. The topological polar surface area (TPSA) is 98.6 Å². The summed E-state index contributed by atoms with van der Waals surface area (Å²) >= 11 is 1.36. The van der Waals surface area contributed by atoms with E-state index in [1.165, 1.54) is 11.3 Å². The lowest BCUT2D eigenvalue weighted by atomic mass is 10.1. The van der Waals surface area contributed by atoms with Gasteiger partial charge in [-0.2, -0.15) is 0 Å². The number of rotatable bonds is 9. The Kier molecular flexibility index (Phi) is 8.11. The van der Waals surface area contributed by atoms with Crippen molar-refractivity contribution in [2.75, 3.05) is 25.7 Å². The summed E-state index contributed by atoms with van der Waals surface area (Å²) in [6.45, 7) is 3.39. The zero-order valence-electron chi connectivity index (χ0n) is 24.4. The Morgan fingerprint density at radius 2 is 1.81 bits per heavy atom. The molecular formula is C33H33N5O4S. The van der Waals surface area contributed by atoms with Crippen molar-refractivity contribution in [3.8, 4) is 22.9 Å². The highest BCUT2D eigenvalue weighted by Gasteiger charge is 2.33. The Morgan fingerprint density at radius 1 is 1.02 bits per heavy atom. The third-order valence-electron chi connectivity index (χ3n) is 7.83. The maximum Gasteiger partial charge on any atom is 0.281 e. The van der Waals surface area contributed by atoms with Gasteiger partial charge in [-0.25, -0.2) is 9.97 Å². The van der Waals surface area contributed by atoms with Crippen molar-refractivity contribution in [2.24, 2.45) is 0 Å². The van der Waals surface area contributed by atoms with Gasteiger partial charge in [-0.3, -0.25) is 14.2 Å². The van der Waals surface area contributed by atoms with Gasteiger partial charge in [-0.15, -0.1) is 0 Å². The van der Waals surface area contributed by atoms with Crippen LogP contribution in [0.4, 0.5) is 5.13 Å². The van der Waals surface area contributed by atoms with Crippen LogP contribution in [0.2, 0.25) is 0 Å². The smallest absolute Gasteiger partial charge is 0.281 e. The summed E-state index contributed by atoms with van der Waals surface area (Å²) in [7, 11) is 3.20. The number of nitrogens with zero attached hydrogens (tertiary/aromatic N) is 4. The number of benzene rings is 3. The summed E-state index contributed by atoms with van der Waals surface area (Å²) in [4.78, 5) is 39.8. The highest BCUT2D eigenvalue weighted by Crippen LogP contribution is 2.34. The molecular weight excluding hydrogens is 562 g/mol. The van der Waals surface area contributed by atoms with Crippen LogP contribution in [0, 0.1) is 6.92 Å². The number of hydrogen-bond acceptors (Lipinski definition) is 8. The molecule has 2 aromatic heterocycles. The van der Waals surface area contributed by atoms with Gasteiger partial charge in [0.1, 0.15) is 23.4 Å². The molecule has 3 heterocycles. The Hall–Kier alpha value is -4.70. The average Bonchev–Trinajstić information content (AvgIpc) is 3.70. The number of amides is 1. The highest BCUT2D eigenvalue weighted by atomic mass is 32.1. The van der Waals surface area contributed by atoms with Crippen LogP contribution < -0.4 is 25.2 Å². The van der Waals surface area contributed by atoms with E-state index in [1.807, 2.05) is 78.6 Å². The summed E-state index contributed by atoms with van der Waals surface area (Å²) in [6, 6.07) is 22.9. The second-order valence-electron chi connectivity index (χ2n) is 10.5. The van der Waals surface area contributed by atoms with Gasteiger partial charge in [0.15, 0.2) is 15.5 Å². The maximum atomic E-state index is 14.2. The van der Waals surface area contributed by atoms with Crippen molar-refractivity contribution in [3.05, 3.63) is 99.8 Å². The van der Waals surface area contributed by atoms with Crippen molar-refractivity contribution in [1.82, 2.24) is 19.9 Å². The molecule has 10 heteroatoms. The number of anilines is 1. The molecule has 1 atom stereocenters. The fourth-order valence-corrected chi connectivity index (χ4v) is 6.53. The van der Waals surface area contributed by atoms with Crippen molar-refractivity contribution in [2.45, 2.75) is 38.9 Å². The Bertz CT molecular complexity index is 1830. The number of carbonyl (C=O) groups is 1. The van der Waals surface area contributed by atoms with Crippen molar-refractivity contribution < 1.29 is 14.3 Å². The minimum absolute atomic E-state index is 0.0434. The summed E-state index contributed by atoms with van der Waals surface area (Å²) in [5.41, 5.74) is 3.77. The number of carbonyl (C=O) groups excluding carboxylic acids is 1. The molecule has 43 heavy (non-hydrogen) atoms. The maximum absolute atomic E-state index is 14.2. The quantitative estimate of drug-likeness (QED) is 0.251. The Balaban J connectivity index is 1.39. The lowest BCUT2D eigenvalue weighted by molar-refractivity contribution is -0.122. The largest absolute Gasteiger partial charge is 0.497 e. The third-order valence-corrected chi connectivity index (χ3v) is 8.81. The lowest BCUT2D eigenvalue weighted by Crippen LogP contribution is -2.43. The molecule has 1 N–H and O–H groups in total. The van der Waals surface area contributed by atoms with Crippen LogP contribution in [0.25, 0.3) is 21.7 Å². The van der Waals surface area contributed by atoms with E-state index in [9.17, 15) is 9.59 Å². The first-order valence-corrected chi connectivity index (χ1v) is 15.0. The fourth-order valence-electron chi connectivity index (χ4n) is 5.52. The molecule has 1 aliphatic rings. The molecule has 5 aromatic rings. The molecule has 0 radical (unpaired) electrons. The lowest BCUT2D eigenvalue weighted by Gasteiger charge is -2.23.